The minimum absolute atomic E-state index is 0.172. The Hall–Kier alpha value is -4.98. The fourth-order valence-electron chi connectivity index (χ4n) is 7.40. The highest BCUT2D eigenvalue weighted by Gasteiger charge is 2.35. The maximum atomic E-state index is 13.3. The Morgan fingerprint density at radius 1 is 0.824 bits per heavy atom. The van der Waals surface area contributed by atoms with Crippen molar-refractivity contribution in [3.05, 3.63) is 159 Å². The number of hydrogen-bond acceptors (Lipinski definition) is 6. The minimum Gasteiger partial charge on any atom is -0.490 e. The number of carbonyl (C=O) groups is 1. The number of anilines is 1. The van der Waals surface area contributed by atoms with Crippen LogP contribution in [-0.4, -0.2) is 30.8 Å². The van der Waals surface area contributed by atoms with Crippen LogP contribution in [0.5, 0.6) is 11.5 Å². The monoisotopic (exact) mass is 711 g/mol. The summed E-state index contributed by atoms with van der Waals surface area (Å²) in [6, 6.07) is 39.4. The molecule has 5 aromatic carbocycles. The summed E-state index contributed by atoms with van der Waals surface area (Å²) in [5.74, 6) is 1.65. The van der Waals surface area contributed by atoms with Crippen LogP contribution >= 0.6 is 23.4 Å². The van der Waals surface area contributed by atoms with Crippen molar-refractivity contribution >= 4 is 51.9 Å². The van der Waals surface area contributed by atoms with Crippen LogP contribution in [0.2, 0.25) is 5.02 Å². The zero-order valence-electron chi connectivity index (χ0n) is 28.3. The van der Waals surface area contributed by atoms with E-state index in [1.165, 1.54) is 39.7 Å². The number of nitrogens with zero attached hydrogens (tertiary/aromatic N) is 2. The summed E-state index contributed by atoms with van der Waals surface area (Å²) in [6.07, 6.45) is 3.98. The number of halogens is 1. The number of ether oxygens (including phenoxy) is 2. The molecule has 1 amide bonds. The van der Waals surface area contributed by atoms with Crippen molar-refractivity contribution in [1.29, 1.82) is 0 Å². The molecule has 0 bridgehead atoms. The summed E-state index contributed by atoms with van der Waals surface area (Å²) in [4.78, 5) is 21.5. The van der Waals surface area contributed by atoms with Crippen LogP contribution in [0.3, 0.4) is 0 Å². The van der Waals surface area contributed by atoms with Crippen molar-refractivity contribution < 1.29 is 14.3 Å². The molecule has 0 aliphatic carbocycles. The normalized spacial score (nSPS) is 19.6. The summed E-state index contributed by atoms with van der Waals surface area (Å²) in [6.45, 7) is 4.88. The van der Waals surface area contributed by atoms with E-state index in [4.69, 9.17) is 26.1 Å². The molecule has 1 N–H and O–H groups in total. The smallest absolute Gasteiger partial charge is 0.264 e. The Kier molecular flexibility index (Phi) is 9.57. The standard InChI is InChI=1S/C43H38ClN3O3S/c1-2-49-39-23-29(15-18-38(39)50-27-28-13-16-32(44)17-14-28)24-40-42(48)46-43(51-40)45-33-25-36-34(30-9-5-3-6-10-30)19-21-47-22-20-35(37(26-33)41(36)47)31-11-7-4-8-12-31/h3-18,23-26,34-35H,2,19-22,27H2,1H3,(H,45,46,48)/b40-24-/t34-,35-/m1/s1. The lowest BCUT2D eigenvalue weighted by atomic mass is 9.76. The number of thioether (sulfide) groups is 1. The van der Waals surface area contributed by atoms with Crippen molar-refractivity contribution in [2.45, 2.75) is 38.2 Å². The van der Waals surface area contributed by atoms with E-state index in [1.807, 2.05) is 55.5 Å². The molecule has 0 saturated carbocycles. The van der Waals surface area contributed by atoms with Crippen molar-refractivity contribution in [2.75, 3.05) is 24.6 Å². The highest BCUT2D eigenvalue weighted by molar-refractivity contribution is 8.18. The topological polar surface area (TPSA) is 63.2 Å². The molecule has 3 heterocycles. The number of amidine groups is 1. The average molecular weight is 712 g/mol. The molecule has 2 atom stereocenters. The Labute approximate surface area is 308 Å². The maximum absolute atomic E-state index is 13.3. The number of benzene rings is 5. The van der Waals surface area contributed by atoms with Crippen LogP contribution in [0.4, 0.5) is 11.4 Å². The van der Waals surface area contributed by atoms with Crippen LogP contribution in [0.1, 0.15) is 65.0 Å². The average Bonchev–Trinajstić information content (AvgIpc) is 3.50. The molecule has 0 unspecified atom stereocenters. The summed E-state index contributed by atoms with van der Waals surface area (Å²) >= 11 is 7.39. The molecule has 256 valence electrons. The van der Waals surface area contributed by atoms with Gasteiger partial charge in [-0.2, -0.15) is 0 Å². The Morgan fingerprint density at radius 2 is 1.47 bits per heavy atom. The van der Waals surface area contributed by atoms with E-state index in [2.05, 4.69) is 83.0 Å². The van der Waals surface area contributed by atoms with E-state index in [-0.39, 0.29) is 17.7 Å². The second kappa shape index (κ2) is 14.7. The minimum atomic E-state index is -0.172. The second-order valence-electron chi connectivity index (χ2n) is 13.0. The van der Waals surface area contributed by atoms with Gasteiger partial charge in [-0.3, -0.25) is 4.79 Å². The highest BCUT2D eigenvalue weighted by atomic mass is 35.5. The largest absolute Gasteiger partial charge is 0.490 e. The first-order valence-electron chi connectivity index (χ1n) is 17.5. The molecule has 51 heavy (non-hydrogen) atoms. The van der Waals surface area contributed by atoms with Gasteiger partial charge < -0.3 is 19.7 Å². The number of carbonyl (C=O) groups excluding carboxylic acids is 1. The molecule has 1 saturated heterocycles. The van der Waals surface area contributed by atoms with Gasteiger partial charge in [-0.15, -0.1) is 0 Å². The molecule has 1 fully saturated rings. The fraction of sp³-hybridized carbons (Fsp3) is 0.209. The summed E-state index contributed by atoms with van der Waals surface area (Å²) < 4.78 is 12.0. The van der Waals surface area contributed by atoms with E-state index >= 15 is 0 Å². The predicted octanol–water partition coefficient (Wildman–Crippen LogP) is 10.1. The van der Waals surface area contributed by atoms with Gasteiger partial charge in [-0.05, 0) is 107 Å². The van der Waals surface area contributed by atoms with E-state index in [0.29, 0.717) is 39.8 Å². The molecular weight excluding hydrogens is 674 g/mol. The van der Waals surface area contributed by atoms with E-state index in [1.54, 1.807) is 0 Å². The number of nitrogens with one attached hydrogen (secondary N) is 1. The lowest BCUT2D eigenvalue weighted by molar-refractivity contribution is -0.115. The van der Waals surface area contributed by atoms with Gasteiger partial charge >= 0.3 is 0 Å². The van der Waals surface area contributed by atoms with E-state index in [9.17, 15) is 4.79 Å². The van der Waals surface area contributed by atoms with Crippen LogP contribution in [0, 0.1) is 0 Å². The van der Waals surface area contributed by atoms with Crippen molar-refractivity contribution in [1.82, 2.24) is 5.32 Å². The SMILES string of the molecule is CCOc1cc(/C=C2\SC(=Nc3cc4c5c(c3)[C@@H](c3ccccc3)CCN5CC[C@@H]4c3ccccc3)NC2=O)ccc1OCc1ccc(Cl)cc1. The third kappa shape index (κ3) is 7.14. The highest BCUT2D eigenvalue weighted by Crippen LogP contribution is 2.50. The lowest BCUT2D eigenvalue weighted by Gasteiger charge is -2.43. The molecule has 8 heteroatoms. The first-order valence-corrected chi connectivity index (χ1v) is 18.7. The molecule has 0 spiro atoms. The van der Waals surface area contributed by atoms with Gasteiger partial charge in [0.15, 0.2) is 16.7 Å². The van der Waals surface area contributed by atoms with Gasteiger partial charge in [0, 0.05) is 35.6 Å². The molecule has 6 nitrogen and oxygen atoms in total. The lowest BCUT2D eigenvalue weighted by Crippen LogP contribution is -2.37. The first-order chi connectivity index (χ1) is 25.0. The zero-order valence-corrected chi connectivity index (χ0v) is 29.9. The first kappa shape index (κ1) is 33.2. The number of rotatable bonds is 9. The Morgan fingerprint density at radius 3 is 2.10 bits per heavy atom. The van der Waals surface area contributed by atoms with Crippen LogP contribution in [0.15, 0.2) is 125 Å². The predicted molar refractivity (Wildman–Crippen MR) is 209 cm³/mol. The number of amides is 1. The quantitative estimate of drug-likeness (QED) is 0.154. The molecular formula is C43H38ClN3O3S. The van der Waals surface area contributed by atoms with Gasteiger partial charge in [0.1, 0.15) is 6.61 Å². The van der Waals surface area contributed by atoms with Crippen molar-refractivity contribution in [3.63, 3.8) is 0 Å². The summed E-state index contributed by atoms with van der Waals surface area (Å²) in [7, 11) is 0. The maximum Gasteiger partial charge on any atom is 0.264 e. The van der Waals surface area contributed by atoms with Crippen LogP contribution < -0.4 is 19.7 Å². The number of aliphatic imine (C=N–C) groups is 1. The third-order valence-corrected chi connectivity index (χ3v) is 10.9. The van der Waals surface area contributed by atoms with Gasteiger partial charge in [-0.25, -0.2) is 4.99 Å². The van der Waals surface area contributed by atoms with Gasteiger partial charge in [0.05, 0.1) is 17.2 Å². The fourth-order valence-corrected chi connectivity index (χ4v) is 8.36. The molecule has 8 rings (SSSR count). The molecule has 5 aromatic rings. The Balaban J connectivity index is 1.10. The molecule has 0 radical (unpaired) electrons. The number of hydrogen-bond donors (Lipinski definition) is 1. The van der Waals surface area contributed by atoms with Crippen LogP contribution in [-0.2, 0) is 11.4 Å². The summed E-state index contributed by atoms with van der Waals surface area (Å²) in [5, 5.41) is 4.28. The van der Waals surface area contributed by atoms with Gasteiger partial charge in [-0.1, -0.05) is 90.5 Å². The van der Waals surface area contributed by atoms with Crippen LogP contribution in [0.25, 0.3) is 6.08 Å². The van der Waals surface area contributed by atoms with Gasteiger partial charge in [0.25, 0.3) is 5.91 Å². The zero-order chi connectivity index (χ0) is 34.7. The second-order valence-corrected chi connectivity index (χ2v) is 14.5. The Bertz CT molecular complexity index is 2050. The van der Waals surface area contributed by atoms with Gasteiger partial charge in [0.2, 0.25) is 0 Å². The third-order valence-electron chi connectivity index (χ3n) is 9.75. The molecule has 0 aromatic heterocycles. The molecule has 3 aliphatic heterocycles. The van der Waals surface area contributed by atoms with E-state index < -0.39 is 0 Å². The van der Waals surface area contributed by atoms with E-state index in [0.717, 1.165) is 42.7 Å². The summed E-state index contributed by atoms with van der Waals surface area (Å²) in [5.41, 5.74) is 9.35. The molecule has 3 aliphatic rings. The van der Waals surface area contributed by atoms with Crippen molar-refractivity contribution in [3.8, 4) is 11.5 Å². The van der Waals surface area contributed by atoms with Crippen molar-refractivity contribution in [2.24, 2.45) is 4.99 Å².